The molecule has 136 valence electrons. The summed E-state index contributed by atoms with van der Waals surface area (Å²) >= 11 is 6.20. The van der Waals surface area contributed by atoms with E-state index in [0.29, 0.717) is 29.4 Å². The van der Waals surface area contributed by atoms with E-state index in [9.17, 15) is 10.2 Å². The van der Waals surface area contributed by atoms with Crippen LogP contribution in [-0.2, 0) is 0 Å². The molecule has 2 rings (SSSR count). The van der Waals surface area contributed by atoms with Crippen molar-refractivity contribution in [1.29, 1.82) is 0 Å². The minimum atomic E-state index is 0.121. The van der Waals surface area contributed by atoms with Crippen molar-refractivity contribution >= 4 is 11.6 Å². The molecule has 0 heterocycles. The molecule has 0 aliphatic heterocycles. The number of benzene rings is 2. The highest BCUT2D eigenvalue weighted by molar-refractivity contribution is 6.20. The van der Waals surface area contributed by atoms with E-state index in [1.165, 1.54) is 0 Å². The molecule has 0 spiro atoms. The first kappa shape index (κ1) is 19.5. The van der Waals surface area contributed by atoms with Gasteiger partial charge in [0.2, 0.25) is 0 Å². The van der Waals surface area contributed by atoms with E-state index in [0.717, 1.165) is 25.7 Å². The molecule has 0 bridgehead atoms. The number of phenolic OH excluding ortho intramolecular Hbond substituents is 2. The van der Waals surface area contributed by atoms with Crippen molar-refractivity contribution in [3.05, 3.63) is 42.5 Å². The number of hydrogen-bond donors (Lipinski definition) is 2. The smallest absolute Gasteiger partial charge is 0.123 e. The van der Waals surface area contributed by atoms with Gasteiger partial charge in [-0.3, -0.25) is 0 Å². The van der Waals surface area contributed by atoms with Crippen LogP contribution in [0.4, 0.5) is 0 Å². The monoisotopic (exact) mass is 362 g/mol. The molecule has 25 heavy (non-hydrogen) atoms. The second-order valence-electron chi connectivity index (χ2n) is 6.53. The summed E-state index contributed by atoms with van der Waals surface area (Å²) in [5.74, 6) is 1.53. The van der Waals surface area contributed by atoms with E-state index < -0.39 is 0 Å². The van der Waals surface area contributed by atoms with Gasteiger partial charge in [0, 0.05) is 16.5 Å². The molecule has 0 aliphatic carbocycles. The third-order valence-corrected chi connectivity index (χ3v) is 4.86. The number of aromatic hydroxyl groups is 2. The molecule has 1 unspecified atom stereocenters. The second-order valence-corrected chi connectivity index (χ2v) is 7.15. The van der Waals surface area contributed by atoms with E-state index in [4.69, 9.17) is 16.3 Å². The highest BCUT2D eigenvalue weighted by Crippen LogP contribution is 2.37. The van der Waals surface area contributed by atoms with E-state index in [-0.39, 0.29) is 16.9 Å². The molecular weight excluding hydrogens is 336 g/mol. The Morgan fingerprint density at radius 1 is 1.04 bits per heavy atom. The van der Waals surface area contributed by atoms with Crippen LogP contribution >= 0.6 is 11.6 Å². The maximum absolute atomic E-state index is 10.1. The van der Waals surface area contributed by atoms with Crippen molar-refractivity contribution in [2.75, 3.05) is 6.61 Å². The lowest BCUT2D eigenvalue weighted by Gasteiger charge is -2.15. The Hall–Kier alpha value is -1.87. The summed E-state index contributed by atoms with van der Waals surface area (Å²) in [6.07, 6.45) is 4.08. The van der Waals surface area contributed by atoms with Gasteiger partial charge in [0.15, 0.2) is 0 Å². The predicted molar refractivity (Wildman–Crippen MR) is 104 cm³/mol. The van der Waals surface area contributed by atoms with Crippen LogP contribution < -0.4 is 4.74 Å². The van der Waals surface area contributed by atoms with Crippen LogP contribution in [0.5, 0.6) is 17.2 Å². The quantitative estimate of drug-likeness (QED) is 0.427. The number of para-hydroxylation sites is 1. The van der Waals surface area contributed by atoms with Gasteiger partial charge in [0.05, 0.1) is 6.61 Å². The predicted octanol–water partition coefficient (Wildman–Crippen LogP) is 5.97. The molecule has 3 nitrogen and oxygen atoms in total. The first-order valence-electron chi connectivity index (χ1n) is 8.89. The zero-order chi connectivity index (χ0) is 18.2. The van der Waals surface area contributed by atoms with Gasteiger partial charge in [-0.25, -0.2) is 0 Å². The number of hydrogen-bond acceptors (Lipinski definition) is 3. The number of phenols is 2. The summed E-state index contributed by atoms with van der Waals surface area (Å²) in [6.45, 7) is 4.96. The summed E-state index contributed by atoms with van der Waals surface area (Å²) in [6, 6.07) is 12.0. The Labute approximate surface area is 155 Å². The first-order chi connectivity index (χ1) is 12.0. The number of ether oxygens (including phenoxy) is 1. The molecule has 4 heteroatoms. The summed E-state index contributed by atoms with van der Waals surface area (Å²) in [7, 11) is 0. The minimum Gasteiger partial charge on any atom is -0.507 e. The van der Waals surface area contributed by atoms with Gasteiger partial charge in [-0.2, -0.15) is 0 Å². The van der Waals surface area contributed by atoms with Crippen LogP contribution in [0.1, 0.15) is 39.5 Å². The van der Waals surface area contributed by atoms with Crippen LogP contribution in [0.3, 0.4) is 0 Å². The molecule has 0 saturated carbocycles. The van der Waals surface area contributed by atoms with Crippen molar-refractivity contribution in [1.82, 2.24) is 0 Å². The molecular formula is C21H27ClO3. The van der Waals surface area contributed by atoms with Gasteiger partial charge in [-0.05, 0) is 55.9 Å². The maximum Gasteiger partial charge on any atom is 0.123 e. The molecule has 2 aromatic carbocycles. The highest BCUT2D eigenvalue weighted by atomic mass is 35.5. The van der Waals surface area contributed by atoms with Crippen molar-refractivity contribution in [2.24, 2.45) is 5.92 Å². The number of halogens is 1. The average molecular weight is 363 g/mol. The average Bonchev–Trinajstić information content (AvgIpc) is 2.60. The van der Waals surface area contributed by atoms with Crippen LogP contribution in [0, 0.1) is 5.92 Å². The fourth-order valence-electron chi connectivity index (χ4n) is 2.86. The molecule has 2 atom stereocenters. The van der Waals surface area contributed by atoms with E-state index >= 15 is 0 Å². The fourth-order valence-corrected chi connectivity index (χ4v) is 3.17. The summed E-state index contributed by atoms with van der Waals surface area (Å²) in [5.41, 5.74) is 1.16. The van der Waals surface area contributed by atoms with Crippen molar-refractivity contribution in [2.45, 2.75) is 44.9 Å². The Balaban J connectivity index is 1.91. The first-order valence-corrected chi connectivity index (χ1v) is 9.33. The van der Waals surface area contributed by atoms with E-state index in [1.807, 2.05) is 6.07 Å². The van der Waals surface area contributed by atoms with Crippen LogP contribution in [0.2, 0.25) is 0 Å². The Morgan fingerprint density at radius 3 is 2.48 bits per heavy atom. The molecule has 0 saturated heterocycles. The van der Waals surface area contributed by atoms with Gasteiger partial charge >= 0.3 is 0 Å². The van der Waals surface area contributed by atoms with E-state index in [1.54, 1.807) is 36.4 Å². The Kier molecular flexibility index (Phi) is 7.45. The molecule has 0 aliphatic rings. The van der Waals surface area contributed by atoms with Crippen molar-refractivity contribution < 1.29 is 14.9 Å². The Morgan fingerprint density at radius 2 is 1.76 bits per heavy atom. The van der Waals surface area contributed by atoms with Crippen molar-refractivity contribution in [3.8, 4) is 28.4 Å². The second kappa shape index (κ2) is 9.57. The zero-order valence-electron chi connectivity index (χ0n) is 14.9. The number of rotatable bonds is 9. The van der Waals surface area contributed by atoms with Gasteiger partial charge in [-0.15, -0.1) is 11.6 Å². The normalized spacial score (nSPS) is 13.4. The zero-order valence-corrected chi connectivity index (χ0v) is 15.7. The molecule has 0 radical (unpaired) electrons. The van der Waals surface area contributed by atoms with Gasteiger partial charge in [-0.1, -0.05) is 32.0 Å². The third kappa shape index (κ3) is 5.86. The lowest BCUT2D eigenvalue weighted by atomic mass is 9.99. The molecule has 0 fully saturated rings. The largest absolute Gasteiger partial charge is 0.507 e. The minimum absolute atomic E-state index is 0.121. The third-order valence-electron chi connectivity index (χ3n) is 4.37. The van der Waals surface area contributed by atoms with Gasteiger partial charge in [0.25, 0.3) is 0 Å². The topological polar surface area (TPSA) is 49.7 Å². The maximum atomic E-state index is 10.1. The molecule has 2 N–H and O–H groups in total. The van der Waals surface area contributed by atoms with Crippen LogP contribution in [0.15, 0.2) is 42.5 Å². The number of alkyl halides is 1. The van der Waals surface area contributed by atoms with Gasteiger partial charge in [0.1, 0.15) is 17.2 Å². The Bertz CT molecular complexity index is 672. The van der Waals surface area contributed by atoms with Crippen LogP contribution in [0.25, 0.3) is 11.1 Å². The summed E-state index contributed by atoms with van der Waals surface area (Å²) < 4.78 is 5.82. The van der Waals surface area contributed by atoms with Gasteiger partial charge < -0.3 is 14.9 Å². The summed E-state index contributed by atoms with van der Waals surface area (Å²) in [5, 5.41) is 20.3. The molecule has 0 aromatic heterocycles. The lowest BCUT2D eigenvalue weighted by Crippen LogP contribution is -2.07. The highest BCUT2D eigenvalue weighted by Gasteiger charge is 2.11. The fraction of sp³-hybridized carbons (Fsp3) is 0.429. The van der Waals surface area contributed by atoms with Crippen LogP contribution in [-0.4, -0.2) is 22.2 Å². The van der Waals surface area contributed by atoms with Crippen molar-refractivity contribution in [3.63, 3.8) is 0 Å². The molecule has 0 amide bonds. The SMILES string of the molecule is CCC(Cl)C[C@H](C)CCCOc1ccc(O)c(-c2ccccc2O)c1. The summed E-state index contributed by atoms with van der Waals surface area (Å²) in [4.78, 5) is 0. The standard InChI is InChI=1S/C21H27ClO3/c1-3-16(22)13-15(2)7-6-12-25-17-10-11-21(24)19(14-17)18-8-4-5-9-20(18)23/h4-5,8-11,14-16,23-24H,3,6-7,12-13H2,1-2H3/t15-,16?/m1/s1. The van der Waals surface area contributed by atoms with E-state index in [2.05, 4.69) is 13.8 Å². The molecule has 2 aromatic rings. The lowest BCUT2D eigenvalue weighted by molar-refractivity contribution is 0.291.